The molecule has 2 aromatic carbocycles. The molecule has 0 N–H and O–H groups in total. The van der Waals surface area contributed by atoms with E-state index in [0.717, 1.165) is 5.69 Å². The van der Waals surface area contributed by atoms with Gasteiger partial charge in [0.15, 0.2) is 0 Å². The number of nitro groups is 1. The number of aromatic nitrogens is 3. The topological polar surface area (TPSA) is 73.8 Å². The van der Waals surface area contributed by atoms with Crippen LogP contribution in [0.4, 0.5) is 5.69 Å². The molecule has 0 fully saturated rings. The summed E-state index contributed by atoms with van der Waals surface area (Å²) >= 11 is 5.81. The van der Waals surface area contributed by atoms with E-state index < -0.39 is 4.92 Å². The predicted octanol–water partition coefficient (Wildman–Crippen LogP) is 2.98. The average molecular weight is 275 g/mol. The molecule has 0 saturated heterocycles. The molecule has 0 spiro atoms. The highest BCUT2D eigenvalue weighted by Crippen LogP contribution is 2.19. The van der Waals surface area contributed by atoms with E-state index in [0.29, 0.717) is 16.1 Å². The van der Waals surface area contributed by atoms with Gasteiger partial charge in [-0.1, -0.05) is 11.6 Å². The zero-order valence-electron chi connectivity index (χ0n) is 9.52. The van der Waals surface area contributed by atoms with E-state index in [4.69, 9.17) is 11.6 Å². The summed E-state index contributed by atoms with van der Waals surface area (Å²) in [5.41, 5.74) is 1.81. The first-order valence-electron chi connectivity index (χ1n) is 5.41. The quantitative estimate of drug-likeness (QED) is 0.532. The van der Waals surface area contributed by atoms with Gasteiger partial charge in [-0.15, -0.1) is 10.2 Å². The van der Waals surface area contributed by atoms with Crippen molar-refractivity contribution in [3.05, 3.63) is 57.6 Å². The lowest BCUT2D eigenvalue weighted by Crippen LogP contribution is -1.97. The summed E-state index contributed by atoms with van der Waals surface area (Å²) in [4.78, 5) is 11.7. The minimum Gasteiger partial charge on any atom is -0.258 e. The summed E-state index contributed by atoms with van der Waals surface area (Å²) in [5.74, 6) is 0. The molecule has 0 aliphatic heterocycles. The number of hydrogen-bond donors (Lipinski definition) is 0. The Balaban J connectivity index is 2.11. The van der Waals surface area contributed by atoms with Crippen molar-refractivity contribution in [3.8, 4) is 5.69 Å². The van der Waals surface area contributed by atoms with Crippen molar-refractivity contribution in [3.63, 3.8) is 0 Å². The molecule has 0 bridgehead atoms. The number of rotatable bonds is 2. The Morgan fingerprint density at radius 3 is 2.42 bits per heavy atom. The van der Waals surface area contributed by atoms with E-state index in [1.54, 1.807) is 30.3 Å². The molecule has 0 saturated carbocycles. The third-order valence-electron chi connectivity index (χ3n) is 2.63. The Labute approximate surface area is 112 Å². The zero-order valence-corrected chi connectivity index (χ0v) is 10.3. The van der Waals surface area contributed by atoms with Crippen LogP contribution in [0.3, 0.4) is 0 Å². The van der Waals surface area contributed by atoms with E-state index in [-0.39, 0.29) is 5.69 Å². The summed E-state index contributed by atoms with van der Waals surface area (Å²) < 4.78 is 0. The molecular weight excluding hydrogens is 268 g/mol. The van der Waals surface area contributed by atoms with Crippen LogP contribution >= 0.6 is 11.6 Å². The van der Waals surface area contributed by atoms with Gasteiger partial charge < -0.3 is 0 Å². The lowest BCUT2D eigenvalue weighted by atomic mass is 10.3. The molecular formula is C12H7ClN4O2. The number of benzene rings is 2. The minimum absolute atomic E-state index is 0.00402. The first kappa shape index (κ1) is 11.6. The number of nitrogens with zero attached hydrogens (tertiary/aromatic N) is 4. The highest BCUT2D eigenvalue weighted by Gasteiger charge is 2.10. The smallest absolute Gasteiger partial charge is 0.258 e. The number of hydrogen-bond acceptors (Lipinski definition) is 4. The fourth-order valence-corrected chi connectivity index (χ4v) is 1.83. The third kappa shape index (κ3) is 2.13. The standard InChI is InChI=1S/C12H7ClN4O2/c13-8-1-3-9(4-2-8)16-14-11-6-5-10(17(18)19)7-12(11)15-16/h1-7H. The summed E-state index contributed by atoms with van der Waals surface area (Å²) in [7, 11) is 0. The fourth-order valence-electron chi connectivity index (χ4n) is 1.71. The second-order valence-electron chi connectivity index (χ2n) is 3.90. The van der Waals surface area contributed by atoms with Crippen LogP contribution in [0.5, 0.6) is 0 Å². The van der Waals surface area contributed by atoms with Crippen LogP contribution in [0.2, 0.25) is 5.02 Å². The first-order valence-corrected chi connectivity index (χ1v) is 5.79. The summed E-state index contributed by atoms with van der Waals surface area (Å²) in [6.07, 6.45) is 0. The van der Waals surface area contributed by atoms with Crippen LogP contribution < -0.4 is 0 Å². The molecule has 1 aromatic heterocycles. The number of nitro benzene ring substituents is 1. The van der Waals surface area contributed by atoms with Gasteiger partial charge in [0.2, 0.25) is 0 Å². The maximum absolute atomic E-state index is 10.7. The lowest BCUT2D eigenvalue weighted by molar-refractivity contribution is -0.384. The Morgan fingerprint density at radius 1 is 1.05 bits per heavy atom. The molecule has 3 aromatic rings. The molecule has 94 valence electrons. The molecule has 0 radical (unpaired) electrons. The molecule has 1 heterocycles. The summed E-state index contributed by atoms with van der Waals surface area (Å²) in [6.45, 7) is 0. The van der Waals surface area contributed by atoms with Gasteiger partial charge in [-0.3, -0.25) is 10.1 Å². The number of halogens is 1. The molecule has 0 amide bonds. The van der Waals surface area contributed by atoms with Gasteiger partial charge in [-0.25, -0.2) is 0 Å². The van der Waals surface area contributed by atoms with Crippen LogP contribution in [0.25, 0.3) is 16.7 Å². The largest absolute Gasteiger partial charge is 0.271 e. The van der Waals surface area contributed by atoms with Crippen molar-refractivity contribution in [2.24, 2.45) is 0 Å². The molecule has 7 heteroatoms. The molecule has 6 nitrogen and oxygen atoms in total. The fraction of sp³-hybridized carbons (Fsp3) is 0. The molecule has 0 atom stereocenters. The van der Waals surface area contributed by atoms with E-state index in [9.17, 15) is 10.1 Å². The van der Waals surface area contributed by atoms with E-state index >= 15 is 0 Å². The normalized spacial score (nSPS) is 10.8. The summed E-state index contributed by atoms with van der Waals surface area (Å²) in [6, 6.07) is 11.4. The minimum atomic E-state index is -0.458. The van der Waals surface area contributed by atoms with Gasteiger partial charge in [0.05, 0.1) is 10.6 Å². The number of non-ortho nitro benzene ring substituents is 1. The maximum Gasteiger partial charge on any atom is 0.271 e. The van der Waals surface area contributed by atoms with Crippen molar-refractivity contribution >= 4 is 28.3 Å². The monoisotopic (exact) mass is 274 g/mol. The zero-order chi connectivity index (χ0) is 13.4. The lowest BCUT2D eigenvalue weighted by Gasteiger charge is -1.97. The van der Waals surface area contributed by atoms with Crippen molar-refractivity contribution in [1.29, 1.82) is 0 Å². The van der Waals surface area contributed by atoms with Gasteiger partial charge >= 0.3 is 0 Å². The molecule has 0 unspecified atom stereocenters. The van der Waals surface area contributed by atoms with Crippen molar-refractivity contribution < 1.29 is 4.92 Å². The van der Waals surface area contributed by atoms with E-state index in [2.05, 4.69) is 10.2 Å². The Hall–Kier alpha value is -2.47. The molecule has 3 rings (SSSR count). The molecule has 0 aliphatic rings. The van der Waals surface area contributed by atoms with E-state index in [1.807, 2.05) is 0 Å². The van der Waals surface area contributed by atoms with Gasteiger partial charge in [0.25, 0.3) is 5.69 Å². The summed E-state index contributed by atoms with van der Waals surface area (Å²) in [5, 5.41) is 19.8. The van der Waals surface area contributed by atoms with Crippen LogP contribution in [-0.2, 0) is 0 Å². The third-order valence-corrected chi connectivity index (χ3v) is 2.88. The van der Waals surface area contributed by atoms with E-state index in [1.165, 1.54) is 16.9 Å². The highest BCUT2D eigenvalue weighted by molar-refractivity contribution is 6.30. The first-order chi connectivity index (χ1) is 9.13. The van der Waals surface area contributed by atoms with Crippen LogP contribution in [0, 0.1) is 10.1 Å². The van der Waals surface area contributed by atoms with Crippen molar-refractivity contribution in [2.75, 3.05) is 0 Å². The maximum atomic E-state index is 10.7. The van der Waals surface area contributed by atoms with Crippen molar-refractivity contribution in [2.45, 2.75) is 0 Å². The van der Waals surface area contributed by atoms with Crippen LogP contribution in [0.1, 0.15) is 0 Å². The van der Waals surface area contributed by atoms with Gasteiger partial charge in [0, 0.05) is 17.2 Å². The van der Waals surface area contributed by atoms with Crippen molar-refractivity contribution in [1.82, 2.24) is 15.0 Å². The Morgan fingerprint density at radius 2 is 1.74 bits per heavy atom. The van der Waals surface area contributed by atoms with Gasteiger partial charge in [-0.05, 0) is 30.3 Å². The average Bonchev–Trinajstić information content (AvgIpc) is 2.82. The SMILES string of the molecule is O=[N+]([O-])c1ccc2nn(-c3ccc(Cl)cc3)nc2c1. The van der Waals surface area contributed by atoms with Gasteiger partial charge in [-0.2, -0.15) is 4.80 Å². The second-order valence-corrected chi connectivity index (χ2v) is 4.33. The molecule has 19 heavy (non-hydrogen) atoms. The second kappa shape index (κ2) is 4.33. The number of fused-ring (bicyclic) bond motifs is 1. The highest BCUT2D eigenvalue weighted by atomic mass is 35.5. The predicted molar refractivity (Wildman–Crippen MR) is 70.5 cm³/mol. The molecule has 0 aliphatic carbocycles. The van der Waals surface area contributed by atoms with Gasteiger partial charge in [0.1, 0.15) is 11.0 Å². The van der Waals surface area contributed by atoms with Crippen LogP contribution in [-0.4, -0.2) is 19.9 Å². The Kier molecular flexibility index (Phi) is 2.64. The Bertz CT molecular complexity index is 767. The van der Waals surface area contributed by atoms with Crippen LogP contribution in [0.15, 0.2) is 42.5 Å².